The lowest BCUT2D eigenvalue weighted by Crippen LogP contribution is -2.50. The molecule has 1 saturated heterocycles. The minimum atomic E-state index is -0.950. The molecule has 1 unspecified atom stereocenters. The van der Waals surface area contributed by atoms with E-state index in [9.17, 15) is 9.59 Å². The SMILES string of the molecule is CCCC(NC(=O)N1CCC(CC)CC1)C(=O)O. The number of carboxylic acids is 1. The first-order valence-electron chi connectivity index (χ1n) is 6.86. The third-order valence-corrected chi connectivity index (χ3v) is 3.65. The first-order valence-corrected chi connectivity index (χ1v) is 6.86. The lowest BCUT2D eigenvalue weighted by Gasteiger charge is -2.32. The van der Waals surface area contributed by atoms with E-state index in [0.717, 1.165) is 38.8 Å². The topological polar surface area (TPSA) is 69.6 Å². The average Bonchev–Trinajstić information content (AvgIpc) is 2.38. The van der Waals surface area contributed by atoms with Crippen LogP contribution < -0.4 is 5.32 Å². The van der Waals surface area contributed by atoms with Gasteiger partial charge in [0.1, 0.15) is 6.04 Å². The lowest BCUT2D eigenvalue weighted by atomic mass is 9.95. The fourth-order valence-electron chi connectivity index (χ4n) is 2.33. The Hall–Kier alpha value is -1.26. The number of carbonyl (C=O) groups excluding carboxylic acids is 1. The van der Waals surface area contributed by atoms with Crippen LogP contribution in [-0.4, -0.2) is 41.1 Å². The molecular formula is C13H24N2O3. The highest BCUT2D eigenvalue weighted by atomic mass is 16.4. The first-order chi connectivity index (χ1) is 8.58. The van der Waals surface area contributed by atoms with Crippen molar-refractivity contribution in [1.29, 1.82) is 0 Å². The number of nitrogens with one attached hydrogen (secondary N) is 1. The molecule has 0 aromatic rings. The molecule has 1 fully saturated rings. The zero-order chi connectivity index (χ0) is 13.5. The number of hydrogen-bond donors (Lipinski definition) is 2. The molecule has 1 heterocycles. The van der Waals surface area contributed by atoms with Gasteiger partial charge in [-0.3, -0.25) is 0 Å². The van der Waals surface area contributed by atoms with E-state index in [1.807, 2.05) is 6.92 Å². The van der Waals surface area contributed by atoms with Gasteiger partial charge in [0, 0.05) is 13.1 Å². The Bertz CT molecular complexity index is 286. The van der Waals surface area contributed by atoms with Gasteiger partial charge in [0.2, 0.25) is 0 Å². The van der Waals surface area contributed by atoms with Gasteiger partial charge in [-0.15, -0.1) is 0 Å². The molecule has 18 heavy (non-hydrogen) atoms. The molecule has 0 aliphatic carbocycles. The summed E-state index contributed by atoms with van der Waals surface area (Å²) in [5, 5.41) is 11.6. The van der Waals surface area contributed by atoms with Crippen molar-refractivity contribution in [1.82, 2.24) is 10.2 Å². The van der Waals surface area contributed by atoms with Gasteiger partial charge in [0.05, 0.1) is 0 Å². The number of carboxylic acid groups (broad SMARTS) is 1. The fourth-order valence-corrected chi connectivity index (χ4v) is 2.33. The highest BCUT2D eigenvalue weighted by Gasteiger charge is 2.25. The van der Waals surface area contributed by atoms with E-state index in [4.69, 9.17) is 5.11 Å². The lowest BCUT2D eigenvalue weighted by molar-refractivity contribution is -0.139. The van der Waals surface area contributed by atoms with Crippen LogP contribution in [0, 0.1) is 5.92 Å². The van der Waals surface area contributed by atoms with Crippen LogP contribution >= 0.6 is 0 Å². The molecule has 2 amide bonds. The highest BCUT2D eigenvalue weighted by Crippen LogP contribution is 2.19. The van der Waals surface area contributed by atoms with Crippen molar-refractivity contribution < 1.29 is 14.7 Å². The Kier molecular flexibility index (Phi) is 5.95. The molecule has 0 saturated carbocycles. The maximum absolute atomic E-state index is 11.9. The molecule has 0 aromatic heterocycles. The minimum Gasteiger partial charge on any atom is -0.480 e. The quantitative estimate of drug-likeness (QED) is 0.791. The summed E-state index contributed by atoms with van der Waals surface area (Å²) in [4.78, 5) is 24.6. The van der Waals surface area contributed by atoms with Gasteiger partial charge >= 0.3 is 12.0 Å². The summed E-state index contributed by atoms with van der Waals surface area (Å²) in [5.74, 6) is -0.242. The predicted octanol–water partition coefficient (Wildman–Crippen LogP) is 2.07. The normalized spacial score (nSPS) is 18.4. The number of urea groups is 1. The Morgan fingerprint density at radius 2 is 1.94 bits per heavy atom. The van der Waals surface area contributed by atoms with Crippen LogP contribution in [0.2, 0.25) is 0 Å². The van der Waals surface area contributed by atoms with Crippen LogP contribution in [0.5, 0.6) is 0 Å². The second kappa shape index (κ2) is 7.24. The average molecular weight is 256 g/mol. The van der Waals surface area contributed by atoms with Crippen LogP contribution in [0.1, 0.15) is 46.0 Å². The van der Waals surface area contributed by atoms with Gasteiger partial charge in [0.15, 0.2) is 0 Å². The number of rotatable bonds is 5. The van der Waals surface area contributed by atoms with Gasteiger partial charge < -0.3 is 15.3 Å². The molecule has 0 spiro atoms. The summed E-state index contributed by atoms with van der Waals surface area (Å²) in [6.45, 7) is 5.56. The molecule has 1 aliphatic rings. The Labute approximate surface area is 109 Å². The van der Waals surface area contributed by atoms with Crippen molar-refractivity contribution in [3.8, 4) is 0 Å². The number of likely N-dealkylation sites (tertiary alicyclic amines) is 1. The van der Waals surface area contributed by atoms with Crippen LogP contribution in [0.4, 0.5) is 4.79 Å². The number of hydrogen-bond acceptors (Lipinski definition) is 2. The standard InChI is InChI=1S/C13H24N2O3/c1-3-5-11(12(16)17)14-13(18)15-8-6-10(4-2)7-9-15/h10-11H,3-9H2,1-2H3,(H,14,18)(H,16,17). The Morgan fingerprint density at radius 1 is 1.33 bits per heavy atom. The molecule has 0 radical (unpaired) electrons. The van der Waals surface area contributed by atoms with Gasteiger partial charge in [0.25, 0.3) is 0 Å². The molecule has 2 N–H and O–H groups in total. The van der Waals surface area contributed by atoms with E-state index in [1.54, 1.807) is 4.90 Å². The molecule has 1 atom stereocenters. The molecule has 5 heteroatoms. The fraction of sp³-hybridized carbons (Fsp3) is 0.846. The summed E-state index contributed by atoms with van der Waals surface area (Å²) in [7, 11) is 0. The Morgan fingerprint density at radius 3 is 2.39 bits per heavy atom. The smallest absolute Gasteiger partial charge is 0.326 e. The van der Waals surface area contributed by atoms with Crippen LogP contribution in [-0.2, 0) is 4.79 Å². The summed E-state index contributed by atoms with van der Waals surface area (Å²) in [6, 6.07) is -0.989. The van der Waals surface area contributed by atoms with E-state index in [1.165, 1.54) is 0 Å². The molecule has 1 rings (SSSR count). The molecule has 104 valence electrons. The van der Waals surface area contributed by atoms with Crippen molar-refractivity contribution in [3.05, 3.63) is 0 Å². The van der Waals surface area contributed by atoms with Crippen molar-refractivity contribution in [2.75, 3.05) is 13.1 Å². The minimum absolute atomic E-state index is 0.231. The third-order valence-electron chi connectivity index (χ3n) is 3.65. The van der Waals surface area contributed by atoms with Gasteiger partial charge in [-0.1, -0.05) is 26.7 Å². The van der Waals surface area contributed by atoms with Gasteiger partial charge in [-0.2, -0.15) is 0 Å². The first kappa shape index (κ1) is 14.8. The van der Waals surface area contributed by atoms with Crippen LogP contribution in [0.15, 0.2) is 0 Å². The number of aliphatic carboxylic acids is 1. The van der Waals surface area contributed by atoms with Crippen molar-refractivity contribution in [3.63, 3.8) is 0 Å². The van der Waals surface area contributed by atoms with E-state index >= 15 is 0 Å². The van der Waals surface area contributed by atoms with Crippen LogP contribution in [0.25, 0.3) is 0 Å². The van der Waals surface area contributed by atoms with E-state index in [-0.39, 0.29) is 6.03 Å². The van der Waals surface area contributed by atoms with Gasteiger partial charge in [-0.25, -0.2) is 9.59 Å². The monoisotopic (exact) mass is 256 g/mol. The van der Waals surface area contributed by atoms with E-state index < -0.39 is 12.0 Å². The molecule has 5 nitrogen and oxygen atoms in total. The predicted molar refractivity (Wildman–Crippen MR) is 69.5 cm³/mol. The zero-order valence-corrected chi connectivity index (χ0v) is 11.3. The number of piperidine rings is 1. The third kappa shape index (κ3) is 4.20. The van der Waals surface area contributed by atoms with Gasteiger partial charge in [-0.05, 0) is 25.2 Å². The number of amides is 2. The molecule has 1 aliphatic heterocycles. The van der Waals surface area contributed by atoms with Crippen molar-refractivity contribution in [2.45, 2.75) is 52.0 Å². The summed E-state index contributed by atoms with van der Waals surface area (Å²) < 4.78 is 0. The van der Waals surface area contributed by atoms with E-state index in [0.29, 0.717) is 12.3 Å². The van der Waals surface area contributed by atoms with E-state index in [2.05, 4.69) is 12.2 Å². The number of carbonyl (C=O) groups is 2. The largest absolute Gasteiger partial charge is 0.480 e. The highest BCUT2D eigenvalue weighted by molar-refractivity contribution is 5.82. The maximum Gasteiger partial charge on any atom is 0.326 e. The summed E-state index contributed by atoms with van der Waals surface area (Å²) >= 11 is 0. The maximum atomic E-state index is 11.9. The molecular weight excluding hydrogens is 232 g/mol. The molecule has 0 aromatic carbocycles. The molecule has 0 bridgehead atoms. The Balaban J connectivity index is 2.42. The van der Waals surface area contributed by atoms with Crippen molar-refractivity contribution in [2.24, 2.45) is 5.92 Å². The second-order valence-electron chi connectivity index (χ2n) is 4.97. The van der Waals surface area contributed by atoms with Crippen LogP contribution in [0.3, 0.4) is 0 Å². The second-order valence-corrected chi connectivity index (χ2v) is 4.97. The summed E-state index contributed by atoms with van der Waals surface area (Å²) in [5.41, 5.74) is 0. The van der Waals surface area contributed by atoms with Crippen molar-refractivity contribution >= 4 is 12.0 Å². The summed E-state index contributed by atoms with van der Waals surface area (Å²) in [6.07, 6.45) is 4.43. The zero-order valence-electron chi connectivity index (χ0n) is 11.3. The number of nitrogens with zero attached hydrogens (tertiary/aromatic N) is 1.